The Bertz CT molecular complexity index is 681. The van der Waals surface area contributed by atoms with Gasteiger partial charge in [0.1, 0.15) is 5.75 Å². The first-order valence-electron chi connectivity index (χ1n) is 7.44. The molecule has 1 unspecified atom stereocenters. The monoisotopic (exact) mass is 352 g/mol. The second-order valence-electron chi connectivity index (χ2n) is 4.96. The van der Waals surface area contributed by atoms with Crippen LogP contribution in [0.1, 0.15) is 35.8 Å². The normalized spacial score (nSPS) is 12.0. The smallest absolute Gasteiger partial charge is 0.387 e. The fourth-order valence-corrected chi connectivity index (χ4v) is 2.72. The van der Waals surface area contributed by atoms with E-state index in [1.54, 1.807) is 42.2 Å². The zero-order chi connectivity index (χ0) is 17.5. The summed E-state index contributed by atoms with van der Waals surface area (Å²) in [7, 11) is 0. The number of pyridine rings is 1. The van der Waals surface area contributed by atoms with Gasteiger partial charge in [-0.3, -0.25) is 4.79 Å². The number of hydrogen-bond donors (Lipinski definition) is 1. The van der Waals surface area contributed by atoms with Gasteiger partial charge >= 0.3 is 6.61 Å². The lowest BCUT2D eigenvalue weighted by Gasteiger charge is -2.15. The first-order chi connectivity index (χ1) is 11.5. The minimum absolute atomic E-state index is 0.0858. The highest BCUT2D eigenvalue weighted by Gasteiger charge is 2.13. The molecule has 1 amide bonds. The van der Waals surface area contributed by atoms with E-state index in [1.165, 1.54) is 12.1 Å². The van der Waals surface area contributed by atoms with Crippen molar-refractivity contribution in [3.8, 4) is 5.75 Å². The van der Waals surface area contributed by atoms with Crippen LogP contribution in [-0.2, 0) is 0 Å². The summed E-state index contributed by atoms with van der Waals surface area (Å²) in [5, 5.41) is 3.67. The molecule has 24 heavy (non-hydrogen) atoms. The molecule has 7 heteroatoms. The van der Waals surface area contributed by atoms with Gasteiger partial charge in [0.25, 0.3) is 5.91 Å². The Labute approximate surface area is 143 Å². The summed E-state index contributed by atoms with van der Waals surface area (Å²) in [5.74, 6) is 0.750. The lowest BCUT2D eigenvalue weighted by Crippen LogP contribution is -2.26. The number of ether oxygens (including phenoxy) is 1. The fraction of sp³-hybridized carbons (Fsp3) is 0.294. The van der Waals surface area contributed by atoms with Crippen LogP contribution in [0.4, 0.5) is 8.78 Å². The molecule has 4 nitrogen and oxygen atoms in total. The van der Waals surface area contributed by atoms with Crippen LogP contribution in [0, 0.1) is 0 Å². The van der Waals surface area contributed by atoms with E-state index in [1.807, 2.05) is 13.8 Å². The molecule has 0 saturated heterocycles. The van der Waals surface area contributed by atoms with Crippen molar-refractivity contribution < 1.29 is 18.3 Å². The van der Waals surface area contributed by atoms with Crippen molar-refractivity contribution >= 4 is 17.7 Å². The van der Waals surface area contributed by atoms with Crippen molar-refractivity contribution in [3.63, 3.8) is 0 Å². The van der Waals surface area contributed by atoms with E-state index in [9.17, 15) is 13.6 Å². The second-order valence-corrected chi connectivity index (χ2v) is 6.24. The third-order valence-corrected chi connectivity index (χ3v) is 4.05. The largest absolute Gasteiger partial charge is 0.435 e. The number of nitrogens with one attached hydrogen (secondary N) is 1. The van der Waals surface area contributed by atoms with E-state index in [4.69, 9.17) is 0 Å². The first kappa shape index (κ1) is 18.2. The van der Waals surface area contributed by atoms with Gasteiger partial charge in [-0.25, -0.2) is 4.98 Å². The lowest BCUT2D eigenvalue weighted by atomic mass is 10.1. The van der Waals surface area contributed by atoms with Crippen LogP contribution < -0.4 is 10.1 Å². The molecule has 0 spiro atoms. The Morgan fingerprint density at radius 2 is 2.00 bits per heavy atom. The molecule has 1 aromatic heterocycles. The second kappa shape index (κ2) is 8.63. The topological polar surface area (TPSA) is 51.2 Å². The third kappa shape index (κ3) is 5.19. The van der Waals surface area contributed by atoms with Gasteiger partial charge in [-0.2, -0.15) is 8.78 Å². The van der Waals surface area contributed by atoms with E-state index < -0.39 is 6.61 Å². The molecule has 0 aliphatic carbocycles. The molecule has 1 aromatic carbocycles. The highest BCUT2D eigenvalue weighted by atomic mass is 32.2. The van der Waals surface area contributed by atoms with E-state index in [0.717, 1.165) is 16.3 Å². The van der Waals surface area contributed by atoms with Crippen molar-refractivity contribution in [1.29, 1.82) is 0 Å². The highest BCUT2D eigenvalue weighted by Crippen LogP contribution is 2.20. The van der Waals surface area contributed by atoms with Gasteiger partial charge in [0, 0.05) is 11.8 Å². The molecule has 1 N–H and O–H groups in total. The van der Waals surface area contributed by atoms with Crippen LogP contribution >= 0.6 is 11.8 Å². The predicted octanol–water partition coefficient (Wildman–Crippen LogP) is 4.29. The van der Waals surface area contributed by atoms with E-state index >= 15 is 0 Å². The van der Waals surface area contributed by atoms with Gasteiger partial charge in [0.15, 0.2) is 0 Å². The summed E-state index contributed by atoms with van der Waals surface area (Å²) >= 11 is 1.56. The van der Waals surface area contributed by atoms with Gasteiger partial charge < -0.3 is 10.1 Å². The number of carbonyl (C=O) groups excluding carboxylic acids is 1. The Kier molecular flexibility index (Phi) is 6.54. The van der Waals surface area contributed by atoms with Gasteiger partial charge in [-0.1, -0.05) is 19.1 Å². The number of alkyl halides is 2. The average molecular weight is 352 g/mol. The molecule has 128 valence electrons. The lowest BCUT2D eigenvalue weighted by molar-refractivity contribution is -0.0498. The van der Waals surface area contributed by atoms with Crippen LogP contribution in [0.25, 0.3) is 0 Å². The van der Waals surface area contributed by atoms with Crippen molar-refractivity contribution in [2.24, 2.45) is 0 Å². The van der Waals surface area contributed by atoms with Crippen LogP contribution in [0.5, 0.6) is 5.75 Å². The molecule has 0 radical (unpaired) electrons. The number of thioether (sulfide) groups is 1. The molecular weight excluding hydrogens is 334 g/mol. The Balaban J connectivity index is 2.01. The van der Waals surface area contributed by atoms with Gasteiger partial charge in [0.05, 0.1) is 11.1 Å². The molecule has 1 heterocycles. The Morgan fingerprint density at radius 1 is 1.29 bits per heavy atom. The molecule has 0 aliphatic heterocycles. The highest BCUT2D eigenvalue weighted by molar-refractivity contribution is 7.99. The van der Waals surface area contributed by atoms with E-state index in [-0.39, 0.29) is 17.7 Å². The first-order valence-corrected chi connectivity index (χ1v) is 8.42. The summed E-state index contributed by atoms with van der Waals surface area (Å²) < 4.78 is 28.6. The number of aromatic nitrogens is 1. The Morgan fingerprint density at radius 3 is 2.62 bits per heavy atom. The molecule has 1 atom stereocenters. The number of carbonyl (C=O) groups is 1. The van der Waals surface area contributed by atoms with E-state index in [2.05, 4.69) is 15.0 Å². The SMILES string of the molecule is CCSc1cc(C(=O)NC(C)c2ccc(OC(F)F)cc2)ccn1. The van der Waals surface area contributed by atoms with E-state index in [0.29, 0.717) is 5.56 Å². The molecule has 0 saturated carbocycles. The summed E-state index contributed by atoms with van der Waals surface area (Å²) in [4.78, 5) is 16.5. The number of benzene rings is 1. The number of hydrogen-bond acceptors (Lipinski definition) is 4. The zero-order valence-electron chi connectivity index (χ0n) is 13.3. The molecule has 2 rings (SSSR count). The maximum absolute atomic E-state index is 12.3. The predicted molar refractivity (Wildman–Crippen MR) is 89.6 cm³/mol. The van der Waals surface area contributed by atoms with Gasteiger partial charge in [-0.15, -0.1) is 11.8 Å². The summed E-state index contributed by atoms with van der Waals surface area (Å²) in [6.45, 7) is 0.988. The average Bonchev–Trinajstić information content (AvgIpc) is 2.55. The van der Waals surface area contributed by atoms with Gasteiger partial charge in [0.2, 0.25) is 0 Å². The minimum atomic E-state index is -2.85. The number of nitrogens with zero attached hydrogens (tertiary/aromatic N) is 1. The molecular formula is C17H18F2N2O2S. The van der Waals surface area contributed by atoms with Crippen LogP contribution in [0.2, 0.25) is 0 Å². The summed E-state index contributed by atoms with van der Waals surface area (Å²) in [6, 6.07) is 9.32. The maximum Gasteiger partial charge on any atom is 0.387 e. The number of rotatable bonds is 7. The summed E-state index contributed by atoms with van der Waals surface area (Å²) in [5.41, 5.74) is 1.33. The third-order valence-electron chi connectivity index (χ3n) is 3.24. The van der Waals surface area contributed by atoms with Crippen molar-refractivity contribution in [1.82, 2.24) is 10.3 Å². The maximum atomic E-state index is 12.3. The standard InChI is InChI=1S/C17H18F2N2O2S/c1-3-24-15-10-13(8-9-20-15)16(22)21-11(2)12-4-6-14(7-5-12)23-17(18)19/h4-11,17H,3H2,1-2H3,(H,21,22). The fourth-order valence-electron chi connectivity index (χ4n) is 2.08. The van der Waals surface area contributed by atoms with Gasteiger partial charge in [-0.05, 0) is 42.5 Å². The quantitative estimate of drug-likeness (QED) is 0.756. The van der Waals surface area contributed by atoms with Crippen molar-refractivity contribution in [2.75, 3.05) is 5.75 Å². The molecule has 0 aliphatic rings. The summed E-state index contributed by atoms with van der Waals surface area (Å²) in [6.07, 6.45) is 1.61. The Hall–Kier alpha value is -2.15. The van der Waals surface area contributed by atoms with Crippen molar-refractivity contribution in [2.45, 2.75) is 31.5 Å². The van der Waals surface area contributed by atoms with Crippen LogP contribution in [0.15, 0.2) is 47.6 Å². The van der Waals surface area contributed by atoms with Crippen molar-refractivity contribution in [3.05, 3.63) is 53.7 Å². The minimum Gasteiger partial charge on any atom is -0.435 e. The molecule has 0 bridgehead atoms. The number of amides is 1. The molecule has 0 fully saturated rings. The molecule has 2 aromatic rings. The zero-order valence-corrected chi connectivity index (χ0v) is 14.1. The van der Waals surface area contributed by atoms with Crippen LogP contribution in [0.3, 0.4) is 0 Å². The number of halogens is 2. The van der Waals surface area contributed by atoms with Crippen LogP contribution in [-0.4, -0.2) is 23.3 Å².